The average molecular weight is 222 g/mol. The molecule has 1 saturated heterocycles. The van der Waals surface area contributed by atoms with E-state index in [1.165, 1.54) is 6.07 Å². The zero-order valence-electron chi connectivity index (χ0n) is 9.10. The predicted molar refractivity (Wildman–Crippen MR) is 60.7 cm³/mol. The molecule has 1 atom stereocenters. The Morgan fingerprint density at radius 3 is 2.94 bits per heavy atom. The lowest BCUT2D eigenvalue weighted by atomic mass is 10.1. The first-order valence-corrected chi connectivity index (χ1v) is 5.27. The van der Waals surface area contributed by atoms with Crippen molar-refractivity contribution in [2.75, 3.05) is 18.5 Å². The van der Waals surface area contributed by atoms with Gasteiger partial charge < -0.3 is 10.1 Å². The summed E-state index contributed by atoms with van der Waals surface area (Å²) in [5, 5.41) is 13.9. The third-order valence-corrected chi connectivity index (χ3v) is 2.66. The molecule has 0 amide bonds. The smallest absolute Gasteiger partial charge is 0.292 e. The molecule has 1 aliphatic heterocycles. The first-order valence-electron chi connectivity index (χ1n) is 5.27. The third kappa shape index (κ3) is 2.30. The fourth-order valence-corrected chi connectivity index (χ4v) is 1.62. The van der Waals surface area contributed by atoms with E-state index in [-0.39, 0.29) is 16.7 Å². The monoisotopic (exact) mass is 222 g/mol. The number of aryl methyl sites for hydroxylation is 1. The molecule has 1 fully saturated rings. The summed E-state index contributed by atoms with van der Waals surface area (Å²) in [4.78, 5) is 10.4. The highest BCUT2D eigenvalue weighted by atomic mass is 16.6. The summed E-state index contributed by atoms with van der Waals surface area (Å²) in [7, 11) is 0. The van der Waals surface area contributed by atoms with Crippen LogP contribution in [-0.2, 0) is 4.74 Å². The van der Waals surface area contributed by atoms with Gasteiger partial charge in [0.05, 0.1) is 11.0 Å². The molecule has 1 aliphatic rings. The molecular formula is C11H14N2O3. The Morgan fingerprint density at radius 2 is 2.38 bits per heavy atom. The van der Waals surface area contributed by atoms with E-state index in [1.54, 1.807) is 12.1 Å². The lowest BCUT2D eigenvalue weighted by Crippen LogP contribution is -2.33. The van der Waals surface area contributed by atoms with E-state index in [2.05, 4.69) is 5.32 Å². The molecule has 1 heterocycles. The van der Waals surface area contributed by atoms with Crippen molar-refractivity contribution in [2.24, 2.45) is 0 Å². The van der Waals surface area contributed by atoms with Gasteiger partial charge in [-0.3, -0.25) is 10.1 Å². The molecule has 0 aliphatic carbocycles. The lowest BCUT2D eigenvalue weighted by Gasteiger charge is -2.26. The number of rotatable bonds is 4. The van der Waals surface area contributed by atoms with Gasteiger partial charge in [0.15, 0.2) is 0 Å². The van der Waals surface area contributed by atoms with Crippen LogP contribution in [0.5, 0.6) is 0 Å². The Balaban J connectivity index is 2.09. The quantitative estimate of drug-likeness (QED) is 0.626. The highest BCUT2D eigenvalue weighted by Gasteiger charge is 2.19. The fraction of sp³-hybridized carbons (Fsp3) is 0.455. The van der Waals surface area contributed by atoms with Crippen LogP contribution in [-0.4, -0.2) is 24.2 Å². The summed E-state index contributed by atoms with van der Waals surface area (Å²) in [6.07, 6.45) is 1.22. The van der Waals surface area contributed by atoms with Crippen molar-refractivity contribution in [3.05, 3.63) is 33.9 Å². The van der Waals surface area contributed by atoms with E-state index >= 15 is 0 Å². The molecule has 0 unspecified atom stereocenters. The number of ether oxygens (including phenoxy) is 1. The van der Waals surface area contributed by atoms with Crippen molar-refractivity contribution in [1.82, 2.24) is 0 Å². The van der Waals surface area contributed by atoms with E-state index in [4.69, 9.17) is 4.74 Å². The SMILES string of the molecule is Cc1ccc([N+](=O)[O-])c(NC[C@@H]2CCO2)c1. The minimum atomic E-state index is -0.372. The minimum Gasteiger partial charge on any atom is -0.377 e. The molecule has 0 spiro atoms. The topological polar surface area (TPSA) is 64.4 Å². The molecule has 0 saturated carbocycles. The summed E-state index contributed by atoms with van der Waals surface area (Å²) in [5.41, 5.74) is 1.69. The highest BCUT2D eigenvalue weighted by Crippen LogP contribution is 2.25. The van der Waals surface area contributed by atoms with Crippen molar-refractivity contribution in [3.63, 3.8) is 0 Å². The van der Waals surface area contributed by atoms with Crippen LogP contribution in [0.4, 0.5) is 11.4 Å². The first-order chi connectivity index (χ1) is 7.66. The van der Waals surface area contributed by atoms with E-state index in [0.29, 0.717) is 12.2 Å². The Kier molecular flexibility index (Phi) is 3.05. The summed E-state index contributed by atoms with van der Waals surface area (Å²) in [5.74, 6) is 0. The van der Waals surface area contributed by atoms with Gasteiger partial charge in [-0.05, 0) is 25.0 Å². The zero-order chi connectivity index (χ0) is 11.5. The Bertz CT molecular complexity index is 402. The lowest BCUT2D eigenvalue weighted by molar-refractivity contribution is -0.384. The molecule has 0 radical (unpaired) electrons. The highest BCUT2D eigenvalue weighted by molar-refractivity contribution is 5.62. The summed E-state index contributed by atoms with van der Waals surface area (Å²) < 4.78 is 5.25. The summed E-state index contributed by atoms with van der Waals surface area (Å²) in [6.45, 7) is 3.33. The molecule has 0 bridgehead atoms. The van der Waals surface area contributed by atoms with Crippen LogP contribution in [0.2, 0.25) is 0 Å². The Labute approximate surface area is 93.6 Å². The number of hydrogen-bond acceptors (Lipinski definition) is 4. The van der Waals surface area contributed by atoms with Gasteiger partial charge in [-0.25, -0.2) is 0 Å². The molecule has 1 aromatic rings. The average Bonchev–Trinajstić information content (AvgIpc) is 2.14. The van der Waals surface area contributed by atoms with Crippen LogP contribution in [0, 0.1) is 17.0 Å². The number of nitro groups is 1. The van der Waals surface area contributed by atoms with Gasteiger partial charge in [-0.1, -0.05) is 6.07 Å². The molecule has 86 valence electrons. The second kappa shape index (κ2) is 4.49. The van der Waals surface area contributed by atoms with Crippen molar-refractivity contribution >= 4 is 11.4 Å². The normalized spacial score (nSPS) is 18.9. The van der Waals surface area contributed by atoms with Gasteiger partial charge in [-0.15, -0.1) is 0 Å². The van der Waals surface area contributed by atoms with Gasteiger partial charge in [0, 0.05) is 19.2 Å². The maximum atomic E-state index is 10.8. The standard InChI is InChI=1S/C11H14N2O3/c1-8-2-3-11(13(14)15)10(6-8)12-7-9-4-5-16-9/h2-3,6,9,12H,4-5,7H2,1H3/t9-/m0/s1. The number of anilines is 1. The number of nitrogens with zero attached hydrogens (tertiary/aromatic N) is 1. The van der Waals surface area contributed by atoms with E-state index in [9.17, 15) is 10.1 Å². The number of hydrogen-bond donors (Lipinski definition) is 1. The van der Waals surface area contributed by atoms with Crippen LogP contribution in [0.25, 0.3) is 0 Å². The molecule has 1 N–H and O–H groups in total. The second-order valence-electron chi connectivity index (χ2n) is 3.94. The molecular weight excluding hydrogens is 208 g/mol. The number of nitro benzene ring substituents is 1. The van der Waals surface area contributed by atoms with Crippen molar-refractivity contribution in [3.8, 4) is 0 Å². The van der Waals surface area contributed by atoms with Crippen molar-refractivity contribution in [2.45, 2.75) is 19.4 Å². The summed E-state index contributed by atoms with van der Waals surface area (Å²) in [6, 6.07) is 5.05. The minimum absolute atomic E-state index is 0.116. The van der Waals surface area contributed by atoms with E-state index < -0.39 is 0 Å². The molecule has 16 heavy (non-hydrogen) atoms. The van der Waals surface area contributed by atoms with Gasteiger partial charge in [-0.2, -0.15) is 0 Å². The van der Waals surface area contributed by atoms with Crippen LogP contribution in [0.1, 0.15) is 12.0 Å². The molecule has 2 rings (SSSR count). The van der Waals surface area contributed by atoms with Crippen molar-refractivity contribution in [1.29, 1.82) is 0 Å². The Hall–Kier alpha value is -1.62. The van der Waals surface area contributed by atoms with Crippen LogP contribution < -0.4 is 5.32 Å². The van der Waals surface area contributed by atoms with Crippen LogP contribution in [0.3, 0.4) is 0 Å². The number of nitrogens with one attached hydrogen (secondary N) is 1. The molecule has 5 nitrogen and oxygen atoms in total. The fourth-order valence-electron chi connectivity index (χ4n) is 1.62. The molecule has 1 aromatic carbocycles. The van der Waals surface area contributed by atoms with Crippen LogP contribution >= 0.6 is 0 Å². The van der Waals surface area contributed by atoms with Gasteiger partial charge in [0.25, 0.3) is 5.69 Å². The van der Waals surface area contributed by atoms with Crippen LogP contribution in [0.15, 0.2) is 18.2 Å². The van der Waals surface area contributed by atoms with Gasteiger partial charge in [0.2, 0.25) is 0 Å². The largest absolute Gasteiger partial charge is 0.377 e. The van der Waals surface area contributed by atoms with E-state index in [1.807, 2.05) is 6.92 Å². The van der Waals surface area contributed by atoms with Gasteiger partial charge >= 0.3 is 0 Å². The predicted octanol–water partition coefficient (Wildman–Crippen LogP) is 2.10. The summed E-state index contributed by atoms with van der Waals surface area (Å²) >= 11 is 0. The number of benzene rings is 1. The second-order valence-corrected chi connectivity index (χ2v) is 3.94. The van der Waals surface area contributed by atoms with E-state index in [0.717, 1.165) is 18.6 Å². The first kappa shape index (κ1) is 10.9. The molecule has 0 aromatic heterocycles. The maximum absolute atomic E-state index is 10.8. The maximum Gasteiger partial charge on any atom is 0.292 e. The Morgan fingerprint density at radius 1 is 1.62 bits per heavy atom. The molecule has 5 heteroatoms. The van der Waals surface area contributed by atoms with Crippen molar-refractivity contribution < 1.29 is 9.66 Å². The zero-order valence-corrected chi connectivity index (χ0v) is 9.10. The third-order valence-electron chi connectivity index (χ3n) is 2.66. The van der Waals surface area contributed by atoms with Gasteiger partial charge in [0.1, 0.15) is 5.69 Å².